The molecule has 1 aliphatic carbocycles. The summed E-state index contributed by atoms with van der Waals surface area (Å²) in [7, 11) is -1.63. The summed E-state index contributed by atoms with van der Waals surface area (Å²) in [5, 5.41) is 5.46. The maximum atomic E-state index is 12.3. The summed E-state index contributed by atoms with van der Waals surface area (Å²) in [5.41, 5.74) is 1.01. The summed E-state index contributed by atoms with van der Waals surface area (Å²) >= 11 is 2.66. The first-order valence-corrected chi connectivity index (χ1v) is 9.98. The van der Waals surface area contributed by atoms with Crippen LogP contribution in [0.5, 0.6) is 0 Å². The van der Waals surface area contributed by atoms with Gasteiger partial charge in [0, 0.05) is 16.2 Å². The molecule has 5 nitrogen and oxygen atoms in total. The van der Waals surface area contributed by atoms with Crippen LogP contribution in [0, 0.1) is 0 Å². The van der Waals surface area contributed by atoms with Crippen molar-refractivity contribution in [2.75, 3.05) is 18.3 Å². The van der Waals surface area contributed by atoms with Gasteiger partial charge in [0.15, 0.2) is 5.13 Å². The van der Waals surface area contributed by atoms with Crippen LogP contribution in [0.3, 0.4) is 0 Å². The smallest absolute Gasteiger partial charge is 0.273 e. The summed E-state index contributed by atoms with van der Waals surface area (Å²) in [5.74, 6) is 0.536. The molecule has 1 fully saturated rings. The first kappa shape index (κ1) is 15.0. The van der Waals surface area contributed by atoms with Crippen LogP contribution in [-0.4, -0.2) is 27.0 Å². The number of aromatic nitrogens is 1. The number of thiophene rings is 1. The van der Waals surface area contributed by atoms with Gasteiger partial charge in [0.2, 0.25) is 0 Å². The van der Waals surface area contributed by atoms with E-state index in [4.69, 9.17) is 0 Å². The zero-order chi connectivity index (χ0) is 14.9. The molecule has 2 N–H and O–H groups in total. The first-order chi connectivity index (χ1) is 10.1. The average molecular weight is 343 g/mol. The fraction of sp³-hybridized carbons (Fsp3) is 0.462. The van der Waals surface area contributed by atoms with Crippen LogP contribution in [0.2, 0.25) is 0 Å². The number of sulfonamides is 1. The maximum absolute atomic E-state index is 12.3. The first-order valence-electron chi connectivity index (χ1n) is 6.80. The van der Waals surface area contributed by atoms with Gasteiger partial charge in [-0.25, -0.2) is 13.4 Å². The van der Waals surface area contributed by atoms with E-state index in [1.54, 1.807) is 6.07 Å². The van der Waals surface area contributed by atoms with Crippen molar-refractivity contribution in [1.82, 2.24) is 10.3 Å². The molecule has 0 spiro atoms. The van der Waals surface area contributed by atoms with E-state index in [1.807, 2.05) is 18.5 Å². The van der Waals surface area contributed by atoms with Crippen molar-refractivity contribution in [3.05, 3.63) is 28.1 Å². The number of thiazole rings is 1. The quantitative estimate of drug-likeness (QED) is 0.811. The molecule has 1 aliphatic rings. The standard InChI is InChI=1S/C13H17N3O2S3/c1-14-7-6-10-4-5-12(20-10)21(17,18)16-13-15-11(8-19-13)9-2-3-9/h4-5,8-9,14H,2-3,6-7H2,1H3,(H,15,16). The maximum Gasteiger partial charge on any atom is 0.273 e. The van der Waals surface area contributed by atoms with E-state index in [9.17, 15) is 8.42 Å². The normalized spacial score (nSPS) is 15.3. The second-order valence-corrected chi connectivity index (χ2v) is 8.97. The molecule has 0 amide bonds. The lowest BCUT2D eigenvalue weighted by Gasteiger charge is -2.02. The molecular formula is C13H17N3O2S3. The Morgan fingerprint density at radius 1 is 1.38 bits per heavy atom. The fourth-order valence-corrected chi connectivity index (χ4v) is 5.35. The van der Waals surface area contributed by atoms with Gasteiger partial charge in [0.25, 0.3) is 10.0 Å². The Balaban J connectivity index is 1.71. The molecule has 2 heterocycles. The highest BCUT2D eigenvalue weighted by Gasteiger charge is 2.27. The number of likely N-dealkylation sites (N-methyl/N-ethyl adjacent to an activating group) is 1. The van der Waals surface area contributed by atoms with Gasteiger partial charge < -0.3 is 5.32 Å². The minimum Gasteiger partial charge on any atom is -0.319 e. The predicted octanol–water partition coefficient (Wildman–Crippen LogP) is 2.64. The second kappa shape index (κ2) is 6.04. The Bertz CT molecular complexity index is 717. The Kier molecular flexibility index (Phi) is 4.30. The lowest BCUT2D eigenvalue weighted by atomic mass is 10.3. The highest BCUT2D eigenvalue weighted by atomic mass is 32.2. The zero-order valence-corrected chi connectivity index (χ0v) is 14.1. The van der Waals surface area contributed by atoms with Gasteiger partial charge in [-0.05, 0) is 45.0 Å². The molecular weight excluding hydrogens is 326 g/mol. The van der Waals surface area contributed by atoms with Crippen molar-refractivity contribution < 1.29 is 8.42 Å². The molecule has 2 aromatic heterocycles. The molecule has 114 valence electrons. The summed E-state index contributed by atoms with van der Waals surface area (Å²) in [6.45, 7) is 0.838. The van der Waals surface area contributed by atoms with E-state index < -0.39 is 10.0 Å². The van der Waals surface area contributed by atoms with Crippen molar-refractivity contribution >= 4 is 37.8 Å². The van der Waals surface area contributed by atoms with E-state index in [2.05, 4.69) is 15.0 Å². The summed E-state index contributed by atoms with van der Waals surface area (Å²) in [6, 6.07) is 3.53. The minimum atomic E-state index is -3.51. The van der Waals surface area contributed by atoms with Crippen molar-refractivity contribution in [3.8, 4) is 0 Å². The topological polar surface area (TPSA) is 71.1 Å². The number of rotatable bonds is 7. The third-order valence-corrected chi connectivity index (χ3v) is 7.14. The summed E-state index contributed by atoms with van der Waals surface area (Å²) in [4.78, 5) is 5.42. The van der Waals surface area contributed by atoms with Gasteiger partial charge in [-0.3, -0.25) is 4.72 Å². The monoisotopic (exact) mass is 343 g/mol. The van der Waals surface area contributed by atoms with E-state index in [0.717, 1.165) is 36.4 Å². The predicted molar refractivity (Wildman–Crippen MR) is 86.8 cm³/mol. The number of nitrogens with zero attached hydrogens (tertiary/aromatic N) is 1. The Labute approximate surface area is 132 Å². The zero-order valence-electron chi connectivity index (χ0n) is 11.6. The molecule has 0 aromatic carbocycles. The Morgan fingerprint density at radius 2 is 2.19 bits per heavy atom. The lowest BCUT2D eigenvalue weighted by molar-refractivity contribution is 0.603. The SMILES string of the molecule is CNCCc1ccc(S(=O)(=O)Nc2nc(C3CC3)cs2)s1. The number of hydrogen-bond donors (Lipinski definition) is 2. The van der Waals surface area contributed by atoms with E-state index in [1.165, 1.54) is 22.7 Å². The van der Waals surface area contributed by atoms with Gasteiger partial charge in [-0.15, -0.1) is 22.7 Å². The van der Waals surface area contributed by atoms with Crippen LogP contribution in [-0.2, 0) is 16.4 Å². The van der Waals surface area contributed by atoms with E-state index in [-0.39, 0.29) is 0 Å². The molecule has 8 heteroatoms. The molecule has 0 atom stereocenters. The van der Waals surface area contributed by atoms with Crippen molar-refractivity contribution in [2.45, 2.75) is 29.4 Å². The van der Waals surface area contributed by atoms with Crippen LogP contribution < -0.4 is 10.0 Å². The third-order valence-electron chi connectivity index (χ3n) is 3.26. The van der Waals surface area contributed by atoms with Crippen molar-refractivity contribution in [1.29, 1.82) is 0 Å². The Morgan fingerprint density at radius 3 is 2.90 bits per heavy atom. The molecule has 21 heavy (non-hydrogen) atoms. The van der Waals surface area contributed by atoms with Gasteiger partial charge in [0.05, 0.1) is 5.69 Å². The van der Waals surface area contributed by atoms with Crippen LogP contribution in [0.15, 0.2) is 21.7 Å². The van der Waals surface area contributed by atoms with Crippen LogP contribution in [0.4, 0.5) is 5.13 Å². The lowest BCUT2D eigenvalue weighted by Crippen LogP contribution is -2.11. The molecule has 1 saturated carbocycles. The third kappa shape index (κ3) is 3.63. The molecule has 0 aliphatic heterocycles. The van der Waals surface area contributed by atoms with E-state index >= 15 is 0 Å². The number of anilines is 1. The van der Waals surface area contributed by atoms with Gasteiger partial charge >= 0.3 is 0 Å². The van der Waals surface area contributed by atoms with Crippen LogP contribution in [0.1, 0.15) is 29.3 Å². The average Bonchev–Trinajstić information content (AvgIpc) is 3.00. The number of nitrogens with one attached hydrogen (secondary N) is 2. The minimum absolute atomic E-state index is 0.344. The van der Waals surface area contributed by atoms with Gasteiger partial charge in [0.1, 0.15) is 4.21 Å². The molecule has 0 unspecified atom stereocenters. The Hall–Kier alpha value is -0.960. The molecule has 2 aromatic rings. The summed E-state index contributed by atoms with van der Waals surface area (Å²) in [6.07, 6.45) is 3.16. The summed E-state index contributed by atoms with van der Waals surface area (Å²) < 4.78 is 27.6. The van der Waals surface area contributed by atoms with Crippen LogP contribution >= 0.6 is 22.7 Å². The van der Waals surface area contributed by atoms with E-state index in [0.29, 0.717) is 15.3 Å². The van der Waals surface area contributed by atoms with Crippen molar-refractivity contribution in [2.24, 2.45) is 0 Å². The highest BCUT2D eigenvalue weighted by Crippen LogP contribution is 2.41. The molecule has 0 saturated heterocycles. The molecule has 3 rings (SSSR count). The largest absolute Gasteiger partial charge is 0.319 e. The number of hydrogen-bond acceptors (Lipinski definition) is 6. The molecule has 0 bridgehead atoms. The second-order valence-electron chi connectivity index (χ2n) is 5.03. The van der Waals surface area contributed by atoms with Crippen molar-refractivity contribution in [3.63, 3.8) is 0 Å². The fourth-order valence-electron chi connectivity index (χ4n) is 1.95. The molecule has 0 radical (unpaired) electrons. The van der Waals surface area contributed by atoms with Crippen LogP contribution in [0.25, 0.3) is 0 Å². The van der Waals surface area contributed by atoms with Gasteiger partial charge in [-0.1, -0.05) is 0 Å². The highest BCUT2D eigenvalue weighted by molar-refractivity contribution is 7.94. The van der Waals surface area contributed by atoms with Gasteiger partial charge in [-0.2, -0.15) is 0 Å².